The molecule has 80 valence electrons. The van der Waals surface area contributed by atoms with Crippen LogP contribution in [0.4, 0.5) is 0 Å². The molecular formula is C12H16N2O. The lowest BCUT2D eigenvalue weighted by Gasteiger charge is -2.15. The van der Waals surface area contributed by atoms with Crippen LogP contribution in [0.15, 0.2) is 36.0 Å². The molecule has 2 N–H and O–H groups in total. The minimum atomic E-state index is 0.863. The van der Waals surface area contributed by atoms with E-state index in [0.29, 0.717) is 0 Å². The van der Waals surface area contributed by atoms with Crippen LogP contribution in [0.1, 0.15) is 5.56 Å². The van der Waals surface area contributed by atoms with Crippen LogP contribution in [0.3, 0.4) is 0 Å². The number of hydrogen-bond acceptors (Lipinski definition) is 3. The molecule has 0 amide bonds. The maximum atomic E-state index is 5.19. The van der Waals surface area contributed by atoms with E-state index in [-0.39, 0.29) is 0 Å². The summed E-state index contributed by atoms with van der Waals surface area (Å²) in [5.74, 6) is 0.921. The van der Waals surface area contributed by atoms with Crippen LogP contribution in [0.5, 0.6) is 5.75 Å². The van der Waals surface area contributed by atoms with Crippen LogP contribution in [-0.2, 0) is 6.42 Å². The Morgan fingerprint density at radius 2 is 2.33 bits per heavy atom. The van der Waals surface area contributed by atoms with Crippen LogP contribution in [0.2, 0.25) is 0 Å². The molecule has 0 aliphatic carbocycles. The van der Waals surface area contributed by atoms with E-state index >= 15 is 0 Å². The fraction of sp³-hybridized carbons (Fsp3) is 0.333. The zero-order valence-electron chi connectivity index (χ0n) is 8.92. The average Bonchev–Trinajstić information content (AvgIpc) is 2.31. The third kappa shape index (κ3) is 2.73. The van der Waals surface area contributed by atoms with E-state index in [0.717, 1.165) is 25.4 Å². The molecule has 1 aliphatic rings. The van der Waals surface area contributed by atoms with E-state index in [4.69, 9.17) is 4.74 Å². The number of rotatable bonds is 3. The van der Waals surface area contributed by atoms with Crippen molar-refractivity contribution in [3.05, 3.63) is 41.6 Å². The summed E-state index contributed by atoms with van der Waals surface area (Å²) in [6.07, 6.45) is 3.06. The Bertz CT molecular complexity index is 360. The molecule has 0 atom stereocenters. The first-order valence-electron chi connectivity index (χ1n) is 5.13. The van der Waals surface area contributed by atoms with Gasteiger partial charge in [-0.1, -0.05) is 12.1 Å². The van der Waals surface area contributed by atoms with E-state index in [1.807, 2.05) is 12.1 Å². The summed E-state index contributed by atoms with van der Waals surface area (Å²) in [5.41, 5.74) is 2.65. The smallest absolute Gasteiger partial charge is 0.119 e. The van der Waals surface area contributed by atoms with Gasteiger partial charge in [0.1, 0.15) is 5.75 Å². The lowest BCUT2D eigenvalue weighted by molar-refractivity contribution is 0.414. The van der Waals surface area contributed by atoms with Gasteiger partial charge in [-0.15, -0.1) is 0 Å². The van der Waals surface area contributed by atoms with Gasteiger partial charge in [0.15, 0.2) is 0 Å². The summed E-state index contributed by atoms with van der Waals surface area (Å²) in [7, 11) is 1.70. The highest BCUT2D eigenvalue weighted by Crippen LogP contribution is 2.15. The summed E-state index contributed by atoms with van der Waals surface area (Å²) in [4.78, 5) is 0. The molecule has 0 saturated heterocycles. The van der Waals surface area contributed by atoms with Gasteiger partial charge in [-0.25, -0.2) is 0 Å². The van der Waals surface area contributed by atoms with E-state index in [1.165, 1.54) is 11.1 Å². The minimum absolute atomic E-state index is 0.863. The zero-order chi connectivity index (χ0) is 10.5. The molecule has 3 nitrogen and oxygen atoms in total. The number of methoxy groups -OCH3 is 1. The Labute approximate surface area is 90.1 Å². The van der Waals surface area contributed by atoms with Crippen molar-refractivity contribution in [2.45, 2.75) is 6.42 Å². The van der Waals surface area contributed by atoms with Gasteiger partial charge in [0.2, 0.25) is 0 Å². The van der Waals surface area contributed by atoms with Gasteiger partial charge in [-0.05, 0) is 35.9 Å². The topological polar surface area (TPSA) is 33.3 Å². The maximum Gasteiger partial charge on any atom is 0.119 e. The van der Waals surface area contributed by atoms with Crippen molar-refractivity contribution in [3.63, 3.8) is 0 Å². The molecule has 3 heteroatoms. The molecule has 0 saturated carbocycles. The Morgan fingerprint density at radius 1 is 1.40 bits per heavy atom. The second-order valence-electron chi connectivity index (χ2n) is 3.64. The van der Waals surface area contributed by atoms with Crippen LogP contribution < -0.4 is 15.4 Å². The molecule has 2 rings (SSSR count). The average molecular weight is 204 g/mol. The molecule has 0 fully saturated rings. The van der Waals surface area contributed by atoms with Gasteiger partial charge in [-0.3, -0.25) is 5.32 Å². The predicted octanol–water partition coefficient (Wildman–Crippen LogP) is 1.27. The third-order valence-electron chi connectivity index (χ3n) is 2.45. The van der Waals surface area contributed by atoms with Crippen molar-refractivity contribution in [2.75, 3.05) is 20.3 Å². The Kier molecular flexibility index (Phi) is 3.25. The lowest BCUT2D eigenvalue weighted by atomic mass is 10.1. The Hall–Kier alpha value is -1.48. The monoisotopic (exact) mass is 204 g/mol. The van der Waals surface area contributed by atoms with E-state index < -0.39 is 0 Å². The Morgan fingerprint density at radius 3 is 3.07 bits per heavy atom. The van der Waals surface area contributed by atoms with Gasteiger partial charge in [0.05, 0.1) is 13.8 Å². The van der Waals surface area contributed by atoms with Gasteiger partial charge < -0.3 is 10.1 Å². The van der Waals surface area contributed by atoms with Crippen LogP contribution in [-0.4, -0.2) is 20.3 Å². The summed E-state index contributed by atoms with van der Waals surface area (Å²) in [6.45, 7) is 1.83. The normalized spacial score (nSPS) is 15.4. The van der Waals surface area contributed by atoms with E-state index in [1.54, 1.807) is 7.11 Å². The number of benzene rings is 1. The molecule has 0 unspecified atom stereocenters. The maximum absolute atomic E-state index is 5.19. The Balaban J connectivity index is 2.06. The van der Waals surface area contributed by atoms with Gasteiger partial charge in [-0.2, -0.15) is 0 Å². The first-order valence-corrected chi connectivity index (χ1v) is 5.13. The molecule has 0 spiro atoms. The van der Waals surface area contributed by atoms with Gasteiger partial charge in [0.25, 0.3) is 0 Å². The summed E-state index contributed by atoms with van der Waals surface area (Å²) in [5, 5.41) is 6.45. The fourth-order valence-electron chi connectivity index (χ4n) is 1.70. The van der Waals surface area contributed by atoms with Gasteiger partial charge >= 0.3 is 0 Å². The molecule has 0 radical (unpaired) electrons. The largest absolute Gasteiger partial charge is 0.497 e. The van der Waals surface area contributed by atoms with Crippen LogP contribution in [0, 0.1) is 0 Å². The molecule has 1 aromatic carbocycles. The highest BCUT2D eigenvalue weighted by molar-refractivity contribution is 5.31. The van der Waals surface area contributed by atoms with Crippen molar-refractivity contribution in [3.8, 4) is 5.75 Å². The molecule has 0 aromatic heterocycles. The van der Waals surface area contributed by atoms with E-state index in [2.05, 4.69) is 29.0 Å². The second kappa shape index (κ2) is 4.84. The van der Waals surface area contributed by atoms with Crippen molar-refractivity contribution in [2.24, 2.45) is 0 Å². The number of hydrogen-bond donors (Lipinski definition) is 2. The minimum Gasteiger partial charge on any atom is -0.497 e. The molecule has 1 heterocycles. The first-order chi connectivity index (χ1) is 7.38. The molecule has 1 aromatic rings. The van der Waals surface area contributed by atoms with Crippen molar-refractivity contribution >= 4 is 0 Å². The van der Waals surface area contributed by atoms with Crippen molar-refractivity contribution < 1.29 is 4.74 Å². The third-order valence-corrected chi connectivity index (χ3v) is 2.45. The van der Waals surface area contributed by atoms with E-state index in [9.17, 15) is 0 Å². The number of nitrogens with one attached hydrogen (secondary N) is 2. The molecule has 15 heavy (non-hydrogen) atoms. The highest BCUT2D eigenvalue weighted by Gasteiger charge is 2.03. The predicted molar refractivity (Wildman–Crippen MR) is 60.8 cm³/mol. The second-order valence-corrected chi connectivity index (χ2v) is 3.64. The van der Waals surface area contributed by atoms with Crippen molar-refractivity contribution in [1.82, 2.24) is 10.6 Å². The summed E-state index contributed by atoms with van der Waals surface area (Å²) < 4.78 is 5.19. The molecule has 1 aliphatic heterocycles. The standard InChI is InChI=1S/C12H16N2O/c1-15-12-4-2-3-10(6-12)5-11-7-13-9-14-8-11/h2-4,6-7,13-14H,5,8-9H2,1H3. The van der Waals surface area contributed by atoms with Crippen LogP contribution >= 0.6 is 0 Å². The summed E-state index contributed by atoms with van der Waals surface area (Å²) in [6, 6.07) is 8.20. The first kappa shape index (κ1) is 10.1. The van der Waals surface area contributed by atoms with Crippen LogP contribution in [0.25, 0.3) is 0 Å². The zero-order valence-corrected chi connectivity index (χ0v) is 8.92. The fourth-order valence-corrected chi connectivity index (χ4v) is 1.70. The summed E-state index contributed by atoms with van der Waals surface area (Å²) >= 11 is 0. The molecule has 0 bridgehead atoms. The lowest BCUT2D eigenvalue weighted by Crippen LogP contribution is -2.33. The highest BCUT2D eigenvalue weighted by atomic mass is 16.5. The van der Waals surface area contributed by atoms with Gasteiger partial charge in [0, 0.05) is 6.54 Å². The quantitative estimate of drug-likeness (QED) is 0.778. The SMILES string of the molecule is COc1cccc(CC2=CNCNC2)c1. The molecular weight excluding hydrogens is 188 g/mol. The van der Waals surface area contributed by atoms with Crippen molar-refractivity contribution in [1.29, 1.82) is 0 Å². The number of ether oxygens (including phenoxy) is 1.